The van der Waals surface area contributed by atoms with Gasteiger partial charge in [0.25, 0.3) is 0 Å². The maximum Gasteiger partial charge on any atom is 0.241 e. The molecule has 3 rings (SSSR count). The van der Waals surface area contributed by atoms with E-state index < -0.39 is 5.41 Å². The van der Waals surface area contributed by atoms with Crippen LogP contribution in [0.2, 0.25) is 5.02 Å². The van der Waals surface area contributed by atoms with Crippen molar-refractivity contribution in [3.63, 3.8) is 0 Å². The van der Waals surface area contributed by atoms with Gasteiger partial charge in [-0.25, -0.2) is 0 Å². The number of benzene rings is 3. The fourth-order valence-corrected chi connectivity index (χ4v) is 3.52. The number of amides is 1. The summed E-state index contributed by atoms with van der Waals surface area (Å²) in [6.45, 7) is 0.264. The number of nitrogens with zero attached hydrogens (tertiary/aromatic N) is 3. The zero-order valence-corrected chi connectivity index (χ0v) is 17.9. The highest BCUT2D eigenvalue weighted by Crippen LogP contribution is 2.29. The van der Waals surface area contributed by atoms with Gasteiger partial charge in [-0.1, -0.05) is 48.0 Å². The van der Waals surface area contributed by atoms with Crippen molar-refractivity contribution < 1.29 is 4.79 Å². The lowest BCUT2D eigenvalue weighted by molar-refractivity contribution is -0.128. The van der Waals surface area contributed by atoms with E-state index in [-0.39, 0.29) is 25.3 Å². The molecule has 1 N–H and O–H groups in total. The third kappa shape index (κ3) is 5.52. The average molecular weight is 439 g/mol. The first-order chi connectivity index (χ1) is 15.5. The second-order valence-corrected chi connectivity index (χ2v) is 7.91. The molecule has 0 radical (unpaired) electrons. The third-order valence-corrected chi connectivity index (χ3v) is 5.44. The Morgan fingerprint density at radius 3 is 1.59 bits per heavy atom. The van der Waals surface area contributed by atoms with E-state index in [9.17, 15) is 10.1 Å². The summed E-state index contributed by atoms with van der Waals surface area (Å²) in [6.07, 6.45) is 0.364. The van der Waals surface area contributed by atoms with Crippen molar-refractivity contribution in [2.45, 2.75) is 19.4 Å². The zero-order valence-electron chi connectivity index (χ0n) is 17.2. The summed E-state index contributed by atoms with van der Waals surface area (Å²) in [4.78, 5) is 13.3. The van der Waals surface area contributed by atoms with Crippen LogP contribution in [0.5, 0.6) is 0 Å². The Balaban J connectivity index is 1.88. The first-order valence-corrected chi connectivity index (χ1v) is 10.3. The van der Waals surface area contributed by atoms with Gasteiger partial charge in [-0.2, -0.15) is 15.8 Å². The van der Waals surface area contributed by atoms with Gasteiger partial charge in [-0.15, -0.1) is 0 Å². The Kier molecular flexibility index (Phi) is 7.25. The predicted octanol–water partition coefficient (Wildman–Crippen LogP) is 4.69. The van der Waals surface area contributed by atoms with E-state index in [1.54, 1.807) is 60.7 Å². The van der Waals surface area contributed by atoms with E-state index in [2.05, 4.69) is 23.5 Å². The molecule has 0 unspecified atom stereocenters. The molecule has 32 heavy (non-hydrogen) atoms. The summed E-state index contributed by atoms with van der Waals surface area (Å²) in [7, 11) is 0. The molecule has 0 aliphatic carbocycles. The number of hydrogen-bond acceptors (Lipinski definition) is 4. The monoisotopic (exact) mass is 438 g/mol. The van der Waals surface area contributed by atoms with Gasteiger partial charge in [-0.05, 0) is 53.1 Å². The third-order valence-electron chi connectivity index (χ3n) is 5.19. The van der Waals surface area contributed by atoms with E-state index in [0.29, 0.717) is 16.1 Å². The molecule has 3 aromatic rings. The number of nitriles is 3. The van der Waals surface area contributed by atoms with Gasteiger partial charge >= 0.3 is 0 Å². The molecule has 1 amide bonds. The van der Waals surface area contributed by atoms with Crippen molar-refractivity contribution in [1.82, 2.24) is 5.32 Å². The maximum atomic E-state index is 13.3. The number of rotatable bonds is 7. The first-order valence-electron chi connectivity index (χ1n) is 9.90. The summed E-state index contributed by atoms with van der Waals surface area (Å²) in [5, 5.41) is 31.7. The molecule has 0 bridgehead atoms. The maximum absolute atomic E-state index is 13.3. The molecule has 0 fully saturated rings. The Morgan fingerprint density at radius 1 is 0.750 bits per heavy atom. The minimum atomic E-state index is -1.37. The predicted molar refractivity (Wildman–Crippen MR) is 121 cm³/mol. The minimum Gasteiger partial charge on any atom is -0.351 e. The van der Waals surface area contributed by atoms with Crippen LogP contribution in [-0.4, -0.2) is 5.91 Å². The van der Waals surface area contributed by atoms with Crippen LogP contribution in [0.3, 0.4) is 0 Å². The van der Waals surface area contributed by atoms with Crippen molar-refractivity contribution in [3.8, 4) is 18.2 Å². The zero-order chi connectivity index (χ0) is 23.0. The molecule has 6 heteroatoms. The van der Waals surface area contributed by atoms with Crippen LogP contribution in [0.15, 0.2) is 72.8 Å². The topological polar surface area (TPSA) is 100 Å². The van der Waals surface area contributed by atoms with Crippen molar-refractivity contribution in [1.29, 1.82) is 15.8 Å². The molecule has 0 atom stereocenters. The lowest BCUT2D eigenvalue weighted by Crippen LogP contribution is -2.43. The standard InChI is InChI=1S/C26H19ClN4O/c27-24-11-9-23(10-12-24)17-31-25(32)26(18-30,13-19-1-5-21(15-28)6-2-19)14-20-3-7-22(16-29)8-4-20/h1-12H,13-14,17H2,(H,31,32). The fourth-order valence-electron chi connectivity index (χ4n) is 3.40. The minimum absolute atomic E-state index is 0.182. The van der Waals surface area contributed by atoms with Crippen molar-refractivity contribution in [2.75, 3.05) is 0 Å². The molecule has 3 aromatic carbocycles. The number of carbonyl (C=O) groups excluding carboxylic acids is 1. The first kappa shape index (κ1) is 22.6. The van der Waals surface area contributed by atoms with Crippen LogP contribution >= 0.6 is 11.6 Å². The van der Waals surface area contributed by atoms with E-state index in [0.717, 1.165) is 16.7 Å². The highest BCUT2D eigenvalue weighted by atomic mass is 35.5. The van der Waals surface area contributed by atoms with E-state index >= 15 is 0 Å². The summed E-state index contributed by atoms with van der Waals surface area (Å²) >= 11 is 5.92. The van der Waals surface area contributed by atoms with Gasteiger partial charge in [0.05, 0.1) is 29.3 Å². The Bertz CT molecular complexity index is 1150. The van der Waals surface area contributed by atoms with Crippen molar-refractivity contribution in [2.24, 2.45) is 5.41 Å². The normalized spacial score (nSPS) is 10.4. The smallest absolute Gasteiger partial charge is 0.241 e. The van der Waals surface area contributed by atoms with Gasteiger partial charge in [0.15, 0.2) is 0 Å². The van der Waals surface area contributed by atoms with Crippen LogP contribution in [0.25, 0.3) is 0 Å². The summed E-state index contributed by atoms with van der Waals surface area (Å²) in [5.41, 5.74) is 2.08. The Hall–Kier alpha value is -4.11. The second-order valence-electron chi connectivity index (χ2n) is 7.47. The van der Waals surface area contributed by atoms with Gasteiger partial charge in [-0.3, -0.25) is 4.79 Å². The van der Waals surface area contributed by atoms with Gasteiger partial charge in [0, 0.05) is 24.4 Å². The molecule has 156 valence electrons. The summed E-state index contributed by atoms with van der Waals surface area (Å²) in [6, 6.07) is 27.2. The highest BCUT2D eigenvalue weighted by molar-refractivity contribution is 6.30. The molecule has 0 aromatic heterocycles. The highest BCUT2D eigenvalue weighted by Gasteiger charge is 2.39. The molecule has 0 aliphatic rings. The van der Waals surface area contributed by atoms with Crippen LogP contribution < -0.4 is 5.32 Å². The van der Waals surface area contributed by atoms with Gasteiger partial charge in [0.2, 0.25) is 5.91 Å². The quantitative estimate of drug-likeness (QED) is 0.577. The fraction of sp³-hybridized carbons (Fsp3) is 0.154. The number of carbonyl (C=O) groups is 1. The van der Waals surface area contributed by atoms with Crippen LogP contribution in [0.1, 0.15) is 27.8 Å². The van der Waals surface area contributed by atoms with Gasteiger partial charge < -0.3 is 5.32 Å². The number of nitrogens with one attached hydrogen (secondary N) is 1. The average Bonchev–Trinajstić information content (AvgIpc) is 2.84. The number of halogens is 1. The molecule has 0 saturated carbocycles. The van der Waals surface area contributed by atoms with Crippen molar-refractivity contribution in [3.05, 3.63) is 106 Å². The van der Waals surface area contributed by atoms with Crippen LogP contribution in [-0.2, 0) is 24.2 Å². The van der Waals surface area contributed by atoms with E-state index in [1.807, 2.05) is 12.1 Å². The largest absolute Gasteiger partial charge is 0.351 e. The van der Waals surface area contributed by atoms with Crippen LogP contribution in [0.4, 0.5) is 0 Å². The molecule has 0 saturated heterocycles. The summed E-state index contributed by atoms with van der Waals surface area (Å²) in [5.74, 6) is -0.385. The SMILES string of the molecule is N#Cc1ccc(CC(C#N)(Cc2ccc(C#N)cc2)C(=O)NCc2ccc(Cl)cc2)cc1. The van der Waals surface area contributed by atoms with Gasteiger partial charge in [0.1, 0.15) is 5.41 Å². The molecule has 0 spiro atoms. The van der Waals surface area contributed by atoms with Crippen molar-refractivity contribution >= 4 is 17.5 Å². The molecular weight excluding hydrogens is 420 g/mol. The lowest BCUT2D eigenvalue weighted by atomic mass is 9.76. The molecule has 5 nitrogen and oxygen atoms in total. The van der Waals surface area contributed by atoms with E-state index in [1.165, 1.54) is 0 Å². The molecule has 0 heterocycles. The molecular formula is C26H19ClN4O. The summed E-state index contributed by atoms with van der Waals surface area (Å²) < 4.78 is 0. The molecule has 0 aliphatic heterocycles. The Labute approximate surface area is 192 Å². The Morgan fingerprint density at radius 2 is 1.19 bits per heavy atom. The van der Waals surface area contributed by atoms with Crippen LogP contribution in [0, 0.1) is 39.4 Å². The number of hydrogen-bond donors (Lipinski definition) is 1. The van der Waals surface area contributed by atoms with E-state index in [4.69, 9.17) is 22.1 Å². The lowest BCUT2D eigenvalue weighted by Gasteiger charge is -2.26. The second kappa shape index (κ2) is 10.3.